The maximum atomic E-state index is 13.8. The van der Waals surface area contributed by atoms with Gasteiger partial charge in [-0.3, -0.25) is 23.7 Å². The molecule has 2 aromatic carbocycles. The van der Waals surface area contributed by atoms with E-state index >= 15 is 0 Å². The summed E-state index contributed by atoms with van der Waals surface area (Å²) in [6, 6.07) is 16.0. The number of amides is 3. The average Bonchev–Trinajstić information content (AvgIpc) is 3.63. The molecule has 198 valence electrons. The van der Waals surface area contributed by atoms with Gasteiger partial charge >= 0.3 is 4.87 Å². The van der Waals surface area contributed by atoms with E-state index in [-0.39, 0.29) is 23.1 Å². The van der Waals surface area contributed by atoms with Gasteiger partial charge in [0.1, 0.15) is 29.1 Å². The van der Waals surface area contributed by atoms with Crippen LogP contribution in [0.3, 0.4) is 0 Å². The molecule has 3 unspecified atom stereocenters. The van der Waals surface area contributed by atoms with Crippen molar-refractivity contribution in [3.05, 3.63) is 87.2 Å². The summed E-state index contributed by atoms with van der Waals surface area (Å²) >= 11 is 2.07. The first-order valence-corrected chi connectivity index (χ1v) is 13.6. The summed E-state index contributed by atoms with van der Waals surface area (Å²) in [5, 5.41) is 11.8. The van der Waals surface area contributed by atoms with Crippen LogP contribution in [-0.2, 0) is 20.9 Å². The number of anilines is 2. The third-order valence-corrected chi connectivity index (χ3v) is 9.29. The lowest BCUT2D eigenvalue weighted by Crippen LogP contribution is -2.32. The number of fused-ring (bicyclic) bond motifs is 2. The van der Waals surface area contributed by atoms with E-state index in [1.54, 1.807) is 48.5 Å². The number of hydrogen-bond acceptors (Lipinski definition) is 9. The zero-order chi connectivity index (χ0) is 27.3. The summed E-state index contributed by atoms with van der Waals surface area (Å²) in [4.78, 5) is 54.8. The minimum atomic E-state index is -0.817. The van der Waals surface area contributed by atoms with Crippen molar-refractivity contribution in [2.45, 2.75) is 22.7 Å². The van der Waals surface area contributed by atoms with Crippen molar-refractivity contribution >= 4 is 52.2 Å². The number of imide groups is 1. The van der Waals surface area contributed by atoms with Crippen molar-refractivity contribution in [3.63, 3.8) is 0 Å². The van der Waals surface area contributed by atoms with Crippen LogP contribution in [0.2, 0.25) is 0 Å². The van der Waals surface area contributed by atoms with Crippen LogP contribution in [0.1, 0.15) is 16.6 Å². The van der Waals surface area contributed by atoms with E-state index < -0.39 is 28.9 Å². The average molecular weight is 564 g/mol. The highest BCUT2D eigenvalue weighted by Crippen LogP contribution is 2.54. The Kier molecular flexibility index (Phi) is 6.28. The van der Waals surface area contributed by atoms with E-state index in [4.69, 9.17) is 9.15 Å². The van der Waals surface area contributed by atoms with Gasteiger partial charge in [-0.05, 0) is 60.7 Å². The number of methoxy groups -OCH3 is 1. The summed E-state index contributed by atoms with van der Waals surface area (Å²) in [5.41, 5.74) is 0.885. The second kappa shape index (κ2) is 9.79. The second-order valence-corrected chi connectivity index (χ2v) is 11.1. The van der Waals surface area contributed by atoms with Crippen LogP contribution in [-0.4, -0.2) is 39.8 Å². The topological polar surface area (TPSA) is 131 Å². The molecular formula is C27H21N3O7S2. The van der Waals surface area contributed by atoms with Gasteiger partial charge in [0.15, 0.2) is 0 Å². The zero-order valence-corrected chi connectivity index (χ0v) is 22.0. The SMILES string of the molecule is COc1ccc(N2C(=O)C3Sc4c(sc(=O)n4CC(=O)Nc4ccc(O)cc4)C(c4ccco4)C3C2=O)cc1. The molecule has 1 fully saturated rings. The van der Waals surface area contributed by atoms with E-state index in [1.807, 2.05) is 0 Å². The Balaban J connectivity index is 1.36. The first-order chi connectivity index (χ1) is 18.9. The van der Waals surface area contributed by atoms with Crippen molar-refractivity contribution in [2.24, 2.45) is 5.92 Å². The predicted octanol–water partition coefficient (Wildman–Crippen LogP) is 3.65. The fraction of sp³-hybridized carbons (Fsp3) is 0.185. The van der Waals surface area contributed by atoms with Crippen molar-refractivity contribution in [3.8, 4) is 11.5 Å². The van der Waals surface area contributed by atoms with Crippen LogP contribution in [0, 0.1) is 5.92 Å². The van der Waals surface area contributed by atoms with Crippen LogP contribution in [0.5, 0.6) is 11.5 Å². The van der Waals surface area contributed by atoms with Crippen LogP contribution >= 0.6 is 23.1 Å². The molecule has 2 aliphatic rings. The zero-order valence-electron chi connectivity index (χ0n) is 20.4. The Labute approximate surface area is 229 Å². The van der Waals surface area contributed by atoms with Gasteiger partial charge in [-0.2, -0.15) is 0 Å². The Bertz CT molecular complexity index is 1630. The number of furan rings is 1. The number of benzene rings is 2. The van der Waals surface area contributed by atoms with E-state index in [1.165, 1.54) is 35.0 Å². The molecule has 0 radical (unpaired) electrons. The Morgan fingerprint density at radius 2 is 1.79 bits per heavy atom. The fourth-order valence-electron chi connectivity index (χ4n) is 4.90. The lowest BCUT2D eigenvalue weighted by Gasteiger charge is -2.29. The number of hydrogen-bond donors (Lipinski definition) is 2. The van der Waals surface area contributed by atoms with Gasteiger partial charge in [0, 0.05) is 5.69 Å². The van der Waals surface area contributed by atoms with Crippen LogP contribution in [0.4, 0.5) is 11.4 Å². The number of aromatic nitrogens is 1. The molecule has 12 heteroatoms. The van der Waals surface area contributed by atoms with Gasteiger partial charge in [0.25, 0.3) is 0 Å². The molecule has 0 bridgehead atoms. The van der Waals surface area contributed by atoms with Crippen molar-refractivity contribution < 1.29 is 28.6 Å². The van der Waals surface area contributed by atoms with Crippen LogP contribution in [0.25, 0.3) is 0 Å². The summed E-state index contributed by atoms with van der Waals surface area (Å²) in [5.74, 6) is -1.57. The third-order valence-electron chi connectivity index (χ3n) is 6.68. The van der Waals surface area contributed by atoms with Crippen LogP contribution < -0.4 is 19.8 Å². The standard InChI is InChI=1S/C27H21N3O7S2/c1-36-17-10-6-15(7-11-17)30-24(33)21-20(18-3-2-12-37-18)23-26(38-22(21)25(30)34)29(27(35)39-23)13-19(32)28-14-4-8-16(31)9-5-14/h2-12,20-22,31H,13H2,1H3,(H,28,32). The lowest BCUT2D eigenvalue weighted by molar-refractivity contribution is -0.122. The quantitative estimate of drug-likeness (QED) is 0.269. The molecule has 1 saturated heterocycles. The molecule has 2 aromatic heterocycles. The molecule has 2 N–H and O–H groups in total. The number of nitrogens with one attached hydrogen (secondary N) is 1. The predicted molar refractivity (Wildman–Crippen MR) is 144 cm³/mol. The van der Waals surface area contributed by atoms with Gasteiger partial charge in [-0.15, -0.1) is 0 Å². The molecule has 10 nitrogen and oxygen atoms in total. The van der Waals surface area contributed by atoms with E-state index in [0.29, 0.717) is 32.8 Å². The van der Waals surface area contributed by atoms with Crippen molar-refractivity contribution in [2.75, 3.05) is 17.3 Å². The number of aromatic hydroxyl groups is 1. The minimum Gasteiger partial charge on any atom is -0.508 e. The highest BCUT2D eigenvalue weighted by Gasteiger charge is 2.57. The third kappa shape index (κ3) is 4.31. The number of phenols is 1. The number of ether oxygens (including phenoxy) is 1. The molecule has 0 aliphatic carbocycles. The maximum absolute atomic E-state index is 13.8. The van der Waals surface area contributed by atoms with Gasteiger partial charge in [-0.1, -0.05) is 23.1 Å². The largest absolute Gasteiger partial charge is 0.508 e. The van der Waals surface area contributed by atoms with Gasteiger partial charge < -0.3 is 19.6 Å². The number of rotatable bonds is 6. The first-order valence-electron chi connectivity index (χ1n) is 11.9. The first kappa shape index (κ1) is 25.0. The summed E-state index contributed by atoms with van der Waals surface area (Å²) in [7, 11) is 1.53. The normalized spacial score (nSPS) is 20.0. The fourth-order valence-corrected chi connectivity index (χ4v) is 7.66. The highest BCUT2D eigenvalue weighted by atomic mass is 32.2. The highest BCUT2D eigenvalue weighted by molar-refractivity contribution is 8.00. The Morgan fingerprint density at radius 1 is 1.05 bits per heavy atom. The minimum absolute atomic E-state index is 0.0607. The number of carbonyl (C=O) groups is 3. The molecule has 0 saturated carbocycles. The molecule has 6 rings (SSSR count). The van der Waals surface area contributed by atoms with E-state index in [0.717, 1.165) is 23.1 Å². The summed E-state index contributed by atoms with van der Waals surface area (Å²) in [6.45, 7) is -0.287. The Morgan fingerprint density at radius 3 is 2.46 bits per heavy atom. The lowest BCUT2D eigenvalue weighted by atomic mass is 9.87. The summed E-state index contributed by atoms with van der Waals surface area (Å²) in [6.07, 6.45) is 1.49. The molecule has 0 spiro atoms. The molecule has 2 aliphatic heterocycles. The Hall–Kier alpha value is -4.29. The monoisotopic (exact) mass is 563 g/mol. The maximum Gasteiger partial charge on any atom is 0.308 e. The number of phenolic OH excluding ortho intramolecular Hbond substituents is 1. The molecule has 4 heterocycles. The van der Waals surface area contributed by atoms with E-state index in [9.17, 15) is 24.3 Å². The van der Waals surface area contributed by atoms with Crippen molar-refractivity contribution in [1.29, 1.82) is 0 Å². The van der Waals surface area contributed by atoms with Gasteiger partial charge in [-0.25, -0.2) is 4.90 Å². The number of nitrogens with zero attached hydrogens (tertiary/aromatic N) is 2. The van der Waals surface area contributed by atoms with Crippen molar-refractivity contribution in [1.82, 2.24) is 4.57 Å². The second-order valence-electron chi connectivity index (χ2n) is 8.99. The molecular weight excluding hydrogens is 542 g/mol. The van der Waals surface area contributed by atoms with Gasteiger partial charge in [0.05, 0.1) is 40.8 Å². The van der Waals surface area contributed by atoms with Gasteiger partial charge in [0.2, 0.25) is 17.7 Å². The summed E-state index contributed by atoms with van der Waals surface area (Å²) < 4.78 is 12.2. The smallest absolute Gasteiger partial charge is 0.308 e. The molecule has 3 atom stereocenters. The van der Waals surface area contributed by atoms with Crippen LogP contribution in [0.15, 0.2) is 81.2 Å². The number of carbonyl (C=O) groups excluding carboxylic acids is 3. The number of thiazole rings is 1. The molecule has 4 aromatic rings. The molecule has 3 amide bonds. The number of thioether (sulfide) groups is 1. The van der Waals surface area contributed by atoms with E-state index in [2.05, 4.69) is 5.32 Å². The molecule has 39 heavy (non-hydrogen) atoms.